The highest BCUT2D eigenvalue weighted by Gasteiger charge is 2.35. The van der Waals surface area contributed by atoms with E-state index in [1.165, 1.54) is 0 Å². The second kappa shape index (κ2) is 9.36. The number of hydrogen-bond donors (Lipinski definition) is 1. The Morgan fingerprint density at radius 1 is 1.04 bits per heavy atom. The van der Waals surface area contributed by atoms with Crippen LogP contribution in [0, 0.1) is 12.3 Å². The molecule has 144 valence electrons. The Morgan fingerprint density at radius 2 is 1.67 bits per heavy atom. The third-order valence-electron chi connectivity index (χ3n) is 4.65. The summed E-state index contributed by atoms with van der Waals surface area (Å²) in [5.74, 6) is -0.785. The van der Waals surface area contributed by atoms with Crippen molar-refractivity contribution in [3.8, 4) is 0 Å². The molecule has 1 N–H and O–H groups in total. The van der Waals surface area contributed by atoms with Gasteiger partial charge in [-0.2, -0.15) is 0 Å². The largest absolute Gasteiger partial charge is 0.466 e. The monoisotopic (exact) mass is 367 g/mol. The highest BCUT2D eigenvalue weighted by atomic mass is 16.5. The van der Waals surface area contributed by atoms with Crippen molar-refractivity contribution in [3.63, 3.8) is 0 Å². The van der Waals surface area contributed by atoms with Crippen LogP contribution in [-0.4, -0.2) is 18.5 Å². The van der Waals surface area contributed by atoms with Crippen molar-refractivity contribution in [2.75, 3.05) is 6.61 Å². The minimum absolute atomic E-state index is 0.0833. The lowest BCUT2D eigenvalue weighted by molar-refractivity contribution is -0.154. The lowest BCUT2D eigenvalue weighted by atomic mass is 9.79. The molecule has 0 saturated heterocycles. The molecule has 4 nitrogen and oxygen atoms in total. The zero-order chi connectivity index (χ0) is 19.9. The predicted molar refractivity (Wildman–Crippen MR) is 107 cm³/mol. The number of esters is 1. The molecule has 0 radical (unpaired) electrons. The van der Waals surface area contributed by atoms with Crippen LogP contribution < -0.4 is 5.32 Å². The first-order valence-electron chi connectivity index (χ1n) is 9.39. The van der Waals surface area contributed by atoms with Crippen LogP contribution in [0.1, 0.15) is 49.8 Å². The normalized spacial score (nSPS) is 12.3. The maximum Gasteiger partial charge on any atom is 0.311 e. The average Bonchev–Trinajstić information content (AvgIpc) is 2.66. The lowest BCUT2D eigenvalue weighted by Gasteiger charge is -2.27. The van der Waals surface area contributed by atoms with Crippen LogP contribution in [0.25, 0.3) is 0 Å². The molecule has 0 aliphatic heterocycles. The summed E-state index contributed by atoms with van der Waals surface area (Å²) in [6.45, 7) is 8.25. The lowest BCUT2D eigenvalue weighted by Crippen LogP contribution is -2.35. The molecule has 4 heteroatoms. The first-order chi connectivity index (χ1) is 12.8. The van der Waals surface area contributed by atoms with Crippen LogP contribution in [0.3, 0.4) is 0 Å². The summed E-state index contributed by atoms with van der Waals surface area (Å²) in [7, 11) is 0. The maximum absolute atomic E-state index is 13.0. The van der Waals surface area contributed by atoms with Crippen LogP contribution in [0.5, 0.6) is 0 Å². The van der Waals surface area contributed by atoms with Crippen molar-refractivity contribution in [1.82, 2.24) is 5.32 Å². The fourth-order valence-corrected chi connectivity index (χ4v) is 2.99. The van der Waals surface area contributed by atoms with Gasteiger partial charge in [-0.3, -0.25) is 9.59 Å². The number of carbonyl (C=O) groups excluding carboxylic acids is 2. The number of rotatable bonds is 8. The van der Waals surface area contributed by atoms with E-state index in [1.807, 2.05) is 75.4 Å². The molecule has 27 heavy (non-hydrogen) atoms. The van der Waals surface area contributed by atoms with Gasteiger partial charge in [0.2, 0.25) is 5.91 Å². The van der Waals surface area contributed by atoms with Crippen molar-refractivity contribution in [2.45, 2.75) is 46.6 Å². The summed E-state index contributed by atoms with van der Waals surface area (Å²) in [6, 6.07) is 17.7. The Labute approximate surface area is 161 Å². The summed E-state index contributed by atoms with van der Waals surface area (Å²) < 4.78 is 5.20. The van der Waals surface area contributed by atoms with E-state index in [0.29, 0.717) is 19.6 Å². The quantitative estimate of drug-likeness (QED) is 0.705. The van der Waals surface area contributed by atoms with Gasteiger partial charge in [0.25, 0.3) is 0 Å². The van der Waals surface area contributed by atoms with Crippen LogP contribution in [0.2, 0.25) is 0 Å². The number of carbonyl (C=O) groups is 2. The van der Waals surface area contributed by atoms with Gasteiger partial charge >= 0.3 is 5.97 Å². The third kappa shape index (κ3) is 5.95. The Morgan fingerprint density at radius 3 is 2.26 bits per heavy atom. The first kappa shape index (κ1) is 20.7. The SMILES string of the molecule is CCOC(=O)C(C)(C)CC(C(=O)NCc1ccccc1)c1ccc(C)cc1. The predicted octanol–water partition coefficient (Wildman–Crippen LogP) is 4.37. The van der Waals surface area contributed by atoms with Gasteiger partial charge in [0.15, 0.2) is 0 Å². The van der Waals surface area contributed by atoms with Crippen molar-refractivity contribution in [3.05, 3.63) is 71.3 Å². The Kier molecular flexibility index (Phi) is 7.17. The number of benzene rings is 2. The highest BCUT2D eigenvalue weighted by molar-refractivity contribution is 5.85. The fourth-order valence-electron chi connectivity index (χ4n) is 2.99. The number of ether oxygens (including phenoxy) is 1. The third-order valence-corrected chi connectivity index (χ3v) is 4.65. The number of hydrogen-bond acceptors (Lipinski definition) is 3. The van der Waals surface area contributed by atoms with Crippen molar-refractivity contribution in [1.29, 1.82) is 0 Å². The van der Waals surface area contributed by atoms with E-state index in [2.05, 4.69) is 5.32 Å². The second-order valence-electron chi connectivity index (χ2n) is 7.48. The van der Waals surface area contributed by atoms with Gasteiger partial charge in [-0.1, -0.05) is 60.2 Å². The summed E-state index contributed by atoms with van der Waals surface area (Å²) >= 11 is 0. The molecule has 0 fully saturated rings. The summed E-state index contributed by atoms with van der Waals surface area (Å²) in [6.07, 6.45) is 0.384. The van der Waals surface area contributed by atoms with E-state index in [0.717, 1.165) is 16.7 Å². The Hall–Kier alpha value is -2.62. The summed E-state index contributed by atoms with van der Waals surface area (Å²) in [4.78, 5) is 25.3. The molecule has 2 aromatic rings. The standard InChI is InChI=1S/C23H29NO3/c1-5-27-22(26)23(3,4)15-20(19-13-11-17(2)12-14-19)21(25)24-16-18-9-7-6-8-10-18/h6-14,20H,5,15-16H2,1-4H3,(H,24,25). The van der Waals surface area contributed by atoms with Crippen molar-refractivity contribution in [2.24, 2.45) is 5.41 Å². The number of amides is 1. The van der Waals surface area contributed by atoms with Gasteiger partial charge in [-0.15, -0.1) is 0 Å². The molecule has 0 aliphatic carbocycles. The van der Waals surface area contributed by atoms with Crippen molar-refractivity contribution >= 4 is 11.9 Å². The van der Waals surface area contributed by atoms with E-state index in [4.69, 9.17) is 4.74 Å². The molecule has 2 aromatic carbocycles. The molecular weight excluding hydrogens is 338 g/mol. The average molecular weight is 367 g/mol. The molecule has 2 rings (SSSR count). The Bertz CT molecular complexity index is 751. The van der Waals surface area contributed by atoms with Crippen LogP contribution in [0.4, 0.5) is 0 Å². The molecule has 1 atom stereocenters. The minimum atomic E-state index is -0.754. The molecule has 0 bridgehead atoms. The van der Waals surface area contributed by atoms with Gasteiger partial charge in [0.1, 0.15) is 0 Å². The molecule has 0 aromatic heterocycles. The topological polar surface area (TPSA) is 55.4 Å². The van der Waals surface area contributed by atoms with E-state index in [9.17, 15) is 9.59 Å². The van der Waals surface area contributed by atoms with Crippen LogP contribution in [-0.2, 0) is 20.9 Å². The van der Waals surface area contributed by atoms with Gasteiger partial charge < -0.3 is 10.1 Å². The fraction of sp³-hybridized carbons (Fsp3) is 0.391. The molecule has 1 amide bonds. The first-order valence-corrected chi connectivity index (χ1v) is 9.39. The van der Waals surface area contributed by atoms with Crippen LogP contribution >= 0.6 is 0 Å². The van der Waals surface area contributed by atoms with Gasteiger partial charge in [-0.25, -0.2) is 0 Å². The van der Waals surface area contributed by atoms with E-state index < -0.39 is 11.3 Å². The molecule has 0 aliphatic rings. The molecule has 0 saturated carbocycles. The molecule has 1 unspecified atom stereocenters. The van der Waals surface area contributed by atoms with Crippen molar-refractivity contribution < 1.29 is 14.3 Å². The van der Waals surface area contributed by atoms with E-state index in [-0.39, 0.29) is 11.9 Å². The maximum atomic E-state index is 13.0. The Balaban J connectivity index is 2.19. The summed E-state index contributed by atoms with van der Waals surface area (Å²) in [5, 5.41) is 3.01. The van der Waals surface area contributed by atoms with Gasteiger partial charge in [0.05, 0.1) is 17.9 Å². The second-order valence-corrected chi connectivity index (χ2v) is 7.48. The molecule has 0 heterocycles. The van der Waals surface area contributed by atoms with Gasteiger partial charge in [0, 0.05) is 6.54 Å². The van der Waals surface area contributed by atoms with E-state index >= 15 is 0 Å². The number of aryl methyl sites for hydroxylation is 1. The van der Waals surface area contributed by atoms with Crippen LogP contribution in [0.15, 0.2) is 54.6 Å². The zero-order valence-corrected chi connectivity index (χ0v) is 16.6. The van der Waals surface area contributed by atoms with Gasteiger partial charge in [-0.05, 0) is 45.2 Å². The highest BCUT2D eigenvalue weighted by Crippen LogP contribution is 2.33. The smallest absolute Gasteiger partial charge is 0.311 e. The summed E-state index contributed by atoms with van der Waals surface area (Å²) in [5.41, 5.74) is 2.32. The van der Waals surface area contributed by atoms with E-state index in [1.54, 1.807) is 6.92 Å². The minimum Gasteiger partial charge on any atom is -0.466 e. The molecule has 0 spiro atoms. The number of nitrogens with one attached hydrogen (secondary N) is 1. The zero-order valence-electron chi connectivity index (χ0n) is 16.6. The molecular formula is C23H29NO3.